The first kappa shape index (κ1) is 14.5. The molecular formula is C13H11ClN2O3S. The van der Waals surface area contributed by atoms with Crippen LogP contribution in [-0.2, 0) is 9.84 Å². The second kappa shape index (κ2) is 5.60. The second-order valence-corrected chi connectivity index (χ2v) is 6.50. The number of aromatic nitrogens is 1. The lowest BCUT2D eigenvalue weighted by molar-refractivity contribution is 0.102. The Labute approximate surface area is 121 Å². The van der Waals surface area contributed by atoms with Crippen molar-refractivity contribution in [2.24, 2.45) is 0 Å². The summed E-state index contributed by atoms with van der Waals surface area (Å²) in [7, 11) is -3.45. The van der Waals surface area contributed by atoms with E-state index in [4.69, 9.17) is 11.6 Å². The van der Waals surface area contributed by atoms with E-state index in [1.165, 1.54) is 24.4 Å². The number of halogens is 1. The molecule has 0 saturated carbocycles. The molecule has 2 rings (SSSR count). The topological polar surface area (TPSA) is 76.1 Å². The molecule has 2 aromatic rings. The number of carbonyl (C=O) groups excluding carboxylic acids is 1. The minimum Gasteiger partial charge on any atom is -0.322 e. The predicted molar refractivity (Wildman–Crippen MR) is 76.8 cm³/mol. The Bertz CT molecular complexity index is 745. The lowest BCUT2D eigenvalue weighted by atomic mass is 10.2. The molecule has 0 saturated heterocycles. The van der Waals surface area contributed by atoms with Gasteiger partial charge in [0.2, 0.25) is 0 Å². The first-order chi connectivity index (χ1) is 9.38. The lowest BCUT2D eigenvalue weighted by Crippen LogP contribution is -2.12. The summed E-state index contributed by atoms with van der Waals surface area (Å²) in [6.07, 6.45) is 4.03. The van der Waals surface area contributed by atoms with Gasteiger partial charge in [-0.3, -0.25) is 9.78 Å². The lowest BCUT2D eigenvalue weighted by Gasteiger charge is -2.08. The van der Waals surface area contributed by atoms with E-state index in [1.54, 1.807) is 18.3 Å². The van der Waals surface area contributed by atoms with Crippen LogP contribution in [0.2, 0.25) is 5.02 Å². The van der Waals surface area contributed by atoms with Crippen molar-refractivity contribution in [3.8, 4) is 0 Å². The number of benzene rings is 1. The summed E-state index contributed by atoms with van der Waals surface area (Å²) in [5.41, 5.74) is 0.729. The number of anilines is 1. The third kappa shape index (κ3) is 3.34. The maximum Gasteiger partial charge on any atom is 0.257 e. The molecule has 0 radical (unpaired) electrons. The van der Waals surface area contributed by atoms with Crippen LogP contribution in [0.1, 0.15) is 10.4 Å². The highest BCUT2D eigenvalue weighted by molar-refractivity contribution is 7.90. The Hall–Kier alpha value is -1.92. The number of amides is 1. The molecule has 0 atom stereocenters. The van der Waals surface area contributed by atoms with Crippen LogP contribution in [-0.4, -0.2) is 25.6 Å². The molecule has 0 aliphatic heterocycles. The molecule has 1 N–H and O–H groups in total. The molecule has 0 spiro atoms. The van der Waals surface area contributed by atoms with Gasteiger partial charge in [-0.05, 0) is 30.3 Å². The number of rotatable bonds is 3. The summed E-state index contributed by atoms with van der Waals surface area (Å²) >= 11 is 5.83. The second-order valence-electron chi connectivity index (χ2n) is 4.11. The SMILES string of the molecule is CS(=O)(=O)c1cc(NC(=O)c2cccnc2)ccc1Cl. The summed E-state index contributed by atoms with van der Waals surface area (Å²) in [4.78, 5) is 15.7. The molecule has 0 aliphatic carbocycles. The van der Waals surface area contributed by atoms with Crippen LogP contribution in [0.15, 0.2) is 47.6 Å². The fourth-order valence-electron chi connectivity index (χ4n) is 1.57. The molecule has 104 valence electrons. The van der Waals surface area contributed by atoms with Crippen molar-refractivity contribution in [2.45, 2.75) is 4.90 Å². The zero-order chi connectivity index (χ0) is 14.8. The van der Waals surface area contributed by atoms with Crippen molar-refractivity contribution in [2.75, 3.05) is 11.6 Å². The van der Waals surface area contributed by atoms with Gasteiger partial charge in [-0.1, -0.05) is 11.6 Å². The van der Waals surface area contributed by atoms with Crippen molar-refractivity contribution in [1.29, 1.82) is 0 Å². The van der Waals surface area contributed by atoms with Crippen molar-refractivity contribution in [3.05, 3.63) is 53.3 Å². The Morgan fingerprint density at radius 2 is 2.05 bits per heavy atom. The van der Waals surface area contributed by atoms with Gasteiger partial charge in [0.1, 0.15) is 0 Å². The third-order valence-corrected chi connectivity index (χ3v) is 4.09. The molecule has 5 nitrogen and oxygen atoms in total. The average Bonchev–Trinajstić information content (AvgIpc) is 2.40. The molecule has 7 heteroatoms. The molecule has 0 bridgehead atoms. The predicted octanol–water partition coefficient (Wildman–Crippen LogP) is 2.39. The number of nitrogens with one attached hydrogen (secondary N) is 1. The maximum absolute atomic E-state index is 11.9. The number of nitrogens with zero attached hydrogens (tertiary/aromatic N) is 1. The van der Waals surface area contributed by atoms with Gasteiger partial charge in [-0.15, -0.1) is 0 Å². The first-order valence-corrected chi connectivity index (χ1v) is 7.86. The minimum atomic E-state index is -3.45. The molecule has 20 heavy (non-hydrogen) atoms. The van der Waals surface area contributed by atoms with Gasteiger partial charge < -0.3 is 5.32 Å². The minimum absolute atomic E-state index is 0.0249. The van der Waals surface area contributed by atoms with Crippen molar-refractivity contribution < 1.29 is 13.2 Å². The summed E-state index contributed by atoms with van der Waals surface area (Å²) < 4.78 is 23.1. The van der Waals surface area contributed by atoms with Gasteiger partial charge in [0.25, 0.3) is 5.91 Å². The van der Waals surface area contributed by atoms with Gasteiger partial charge in [0, 0.05) is 24.3 Å². The van der Waals surface area contributed by atoms with Crippen LogP contribution in [0.5, 0.6) is 0 Å². The van der Waals surface area contributed by atoms with Crippen LogP contribution in [0.4, 0.5) is 5.69 Å². The van der Waals surface area contributed by atoms with Gasteiger partial charge in [-0.2, -0.15) is 0 Å². The van der Waals surface area contributed by atoms with Crippen LogP contribution in [0.3, 0.4) is 0 Å². The fraction of sp³-hybridized carbons (Fsp3) is 0.0769. The quantitative estimate of drug-likeness (QED) is 0.944. The highest BCUT2D eigenvalue weighted by Crippen LogP contribution is 2.25. The number of pyridine rings is 1. The Morgan fingerprint density at radius 3 is 2.65 bits per heavy atom. The van der Waals surface area contributed by atoms with E-state index in [2.05, 4.69) is 10.3 Å². The largest absolute Gasteiger partial charge is 0.322 e. The summed E-state index contributed by atoms with van der Waals surface area (Å²) in [5, 5.41) is 2.71. The van der Waals surface area contributed by atoms with Gasteiger partial charge in [0.15, 0.2) is 9.84 Å². The van der Waals surface area contributed by atoms with E-state index < -0.39 is 9.84 Å². The van der Waals surface area contributed by atoms with E-state index in [9.17, 15) is 13.2 Å². The standard InChI is InChI=1S/C13H11ClN2O3S/c1-20(18,19)12-7-10(4-5-11(12)14)16-13(17)9-3-2-6-15-8-9/h2-8H,1H3,(H,16,17). The molecular weight excluding hydrogens is 300 g/mol. The Balaban J connectivity index is 2.30. The normalized spacial score (nSPS) is 11.1. The average molecular weight is 311 g/mol. The number of sulfone groups is 1. The van der Waals surface area contributed by atoms with Crippen molar-refractivity contribution in [1.82, 2.24) is 4.98 Å². The van der Waals surface area contributed by atoms with Gasteiger partial charge >= 0.3 is 0 Å². The van der Waals surface area contributed by atoms with Crippen LogP contribution < -0.4 is 5.32 Å². The summed E-state index contributed by atoms with van der Waals surface area (Å²) in [6.45, 7) is 0. The van der Waals surface area contributed by atoms with E-state index in [0.717, 1.165) is 6.26 Å². The highest BCUT2D eigenvalue weighted by Gasteiger charge is 2.14. The third-order valence-electron chi connectivity index (χ3n) is 2.51. The summed E-state index contributed by atoms with van der Waals surface area (Å²) in [5.74, 6) is -0.375. The zero-order valence-electron chi connectivity index (χ0n) is 10.5. The van der Waals surface area contributed by atoms with E-state index in [-0.39, 0.29) is 15.8 Å². The van der Waals surface area contributed by atoms with Crippen molar-refractivity contribution in [3.63, 3.8) is 0 Å². The van der Waals surface area contributed by atoms with Gasteiger partial charge in [-0.25, -0.2) is 8.42 Å². The first-order valence-electron chi connectivity index (χ1n) is 5.59. The van der Waals surface area contributed by atoms with E-state index >= 15 is 0 Å². The maximum atomic E-state index is 11.9. The molecule has 1 aromatic heterocycles. The molecule has 0 aliphatic rings. The van der Waals surface area contributed by atoms with Crippen molar-refractivity contribution >= 4 is 33.0 Å². The van der Waals surface area contributed by atoms with E-state index in [1.807, 2.05) is 0 Å². The molecule has 1 aromatic carbocycles. The highest BCUT2D eigenvalue weighted by atomic mass is 35.5. The monoisotopic (exact) mass is 310 g/mol. The molecule has 0 unspecified atom stereocenters. The molecule has 1 heterocycles. The van der Waals surface area contributed by atoms with E-state index in [0.29, 0.717) is 11.3 Å². The molecule has 1 amide bonds. The van der Waals surface area contributed by atoms with Crippen LogP contribution >= 0.6 is 11.6 Å². The van der Waals surface area contributed by atoms with Crippen LogP contribution in [0.25, 0.3) is 0 Å². The number of hydrogen-bond donors (Lipinski definition) is 1. The number of carbonyl (C=O) groups is 1. The Kier molecular flexibility index (Phi) is 4.06. The number of hydrogen-bond acceptors (Lipinski definition) is 4. The zero-order valence-corrected chi connectivity index (χ0v) is 12.1. The fourth-order valence-corrected chi connectivity index (χ4v) is 2.87. The Morgan fingerprint density at radius 1 is 1.30 bits per heavy atom. The molecule has 0 fully saturated rings. The van der Waals surface area contributed by atoms with Gasteiger partial charge in [0.05, 0.1) is 15.5 Å². The van der Waals surface area contributed by atoms with Crippen LogP contribution in [0, 0.1) is 0 Å². The summed E-state index contributed by atoms with van der Waals surface area (Å²) in [6, 6.07) is 7.53. The smallest absolute Gasteiger partial charge is 0.257 e.